The number of Topliss-reactive ketones (excluding diaryl/α,β-unsaturated/α-hetero) is 1. The van der Waals surface area contributed by atoms with E-state index in [1.807, 2.05) is 0 Å². The summed E-state index contributed by atoms with van der Waals surface area (Å²) in [7, 11) is 2.16. The Morgan fingerprint density at radius 3 is 1.60 bits per heavy atom. The van der Waals surface area contributed by atoms with Crippen LogP contribution in [0.25, 0.3) is 0 Å². The number of nitrogens with one attached hydrogen (secondary N) is 2. The average Bonchev–Trinajstić information content (AvgIpc) is 2.37. The lowest BCUT2D eigenvalue weighted by Crippen LogP contribution is -2.70. The Hall–Kier alpha value is -0.450. The van der Waals surface area contributed by atoms with Crippen LogP contribution in [0.5, 0.6) is 0 Å². The first kappa shape index (κ1) is 17.6. The third-order valence-corrected chi connectivity index (χ3v) is 5.32. The number of carbonyl (C=O) groups excluding carboxylic acids is 1. The van der Waals surface area contributed by atoms with E-state index in [9.17, 15) is 4.79 Å². The Labute approximate surface area is 124 Å². The highest BCUT2D eigenvalue weighted by atomic mass is 16.1. The molecule has 0 spiro atoms. The van der Waals surface area contributed by atoms with Crippen molar-refractivity contribution in [2.75, 3.05) is 33.2 Å². The molecule has 2 N–H and O–H groups in total. The third kappa shape index (κ3) is 3.07. The predicted molar refractivity (Wildman–Crippen MR) is 85.0 cm³/mol. The molecule has 4 heteroatoms. The molecule has 0 aliphatic carbocycles. The van der Waals surface area contributed by atoms with Crippen molar-refractivity contribution in [3.05, 3.63) is 0 Å². The van der Waals surface area contributed by atoms with Crippen LogP contribution in [-0.4, -0.2) is 55.0 Å². The first-order chi connectivity index (χ1) is 9.21. The van der Waals surface area contributed by atoms with Crippen molar-refractivity contribution in [1.29, 1.82) is 0 Å². The van der Waals surface area contributed by atoms with Gasteiger partial charge in [0.25, 0.3) is 0 Å². The van der Waals surface area contributed by atoms with Crippen LogP contribution in [0.15, 0.2) is 0 Å². The van der Waals surface area contributed by atoms with Gasteiger partial charge in [-0.05, 0) is 47.8 Å². The van der Waals surface area contributed by atoms with E-state index in [0.717, 1.165) is 26.2 Å². The zero-order valence-electron chi connectivity index (χ0n) is 14.3. The van der Waals surface area contributed by atoms with Gasteiger partial charge in [0, 0.05) is 36.0 Å². The molecule has 20 heavy (non-hydrogen) atoms. The van der Waals surface area contributed by atoms with E-state index in [0.29, 0.717) is 5.78 Å². The maximum atomic E-state index is 13.0. The number of nitrogens with zero attached hydrogens (tertiary/aromatic N) is 1. The number of likely N-dealkylation sites (tertiary alicyclic amines) is 1. The van der Waals surface area contributed by atoms with Crippen LogP contribution in [0.2, 0.25) is 0 Å². The Bertz CT molecular complexity index is 309. The molecule has 0 radical (unpaired) electrons. The number of ketones is 1. The van der Waals surface area contributed by atoms with Gasteiger partial charge in [-0.2, -0.15) is 0 Å². The summed E-state index contributed by atoms with van der Waals surface area (Å²) < 4.78 is 0. The van der Waals surface area contributed by atoms with E-state index < -0.39 is 0 Å². The predicted octanol–water partition coefficient (Wildman–Crippen LogP) is 1.51. The van der Waals surface area contributed by atoms with E-state index in [1.165, 1.54) is 0 Å². The van der Waals surface area contributed by atoms with Crippen LogP contribution >= 0.6 is 0 Å². The summed E-state index contributed by atoms with van der Waals surface area (Å²) in [6.07, 6.45) is 0. The summed E-state index contributed by atoms with van der Waals surface area (Å²) in [5, 5.41) is 6.72. The molecule has 0 aromatic heterocycles. The second kappa shape index (κ2) is 6.54. The van der Waals surface area contributed by atoms with E-state index in [4.69, 9.17) is 0 Å². The minimum Gasteiger partial charge on any atom is -0.316 e. The van der Waals surface area contributed by atoms with Crippen molar-refractivity contribution in [2.24, 2.45) is 11.8 Å². The molecule has 1 aliphatic rings. The van der Waals surface area contributed by atoms with Gasteiger partial charge in [-0.15, -0.1) is 0 Å². The molecule has 118 valence electrons. The first-order valence-corrected chi connectivity index (χ1v) is 7.90. The Morgan fingerprint density at radius 1 is 0.950 bits per heavy atom. The van der Waals surface area contributed by atoms with E-state index >= 15 is 0 Å². The highest BCUT2D eigenvalue weighted by molar-refractivity contribution is 5.87. The first-order valence-electron chi connectivity index (χ1n) is 7.90. The van der Waals surface area contributed by atoms with Crippen molar-refractivity contribution in [3.8, 4) is 0 Å². The average molecular weight is 283 g/mol. The molecule has 1 fully saturated rings. The van der Waals surface area contributed by atoms with Crippen molar-refractivity contribution in [3.63, 3.8) is 0 Å². The lowest BCUT2D eigenvalue weighted by molar-refractivity contribution is -0.151. The molecule has 0 bridgehead atoms. The van der Waals surface area contributed by atoms with Gasteiger partial charge >= 0.3 is 0 Å². The maximum Gasteiger partial charge on any atom is 0.145 e. The molecule has 0 aromatic rings. The van der Waals surface area contributed by atoms with Crippen LogP contribution in [0, 0.1) is 11.8 Å². The van der Waals surface area contributed by atoms with Crippen LogP contribution in [0.4, 0.5) is 0 Å². The number of carbonyl (C=O) groups is 1. The van der Waals surface area contributed by atoms with Crippen LogP contribution in [-0.2, 0) is 4.79 Å². The molecular weight excluding hydrogens is 250 g/mol. The quantitative estimate of drug-likeness (QED) is 0.775. The third-order valence-electron chi connectivity index (χ3n) is 5.32. The summed E-state index contributed by atoms with van der Waals surface area (Å²) >= 11 is 0. The fraction of sp³-hybridized carbons (Fsp3) is 0.938. The van der Waals surface area contributed by atoms with E-state index in [2.05, 4.69) is 64.1 Å². The number of hydrogen-bond donors (Lipinski definition) is 2. The number of hydrogen-bond acceptors (Lipinski definition) is 4. The topological polar surface area (TPSA) is 44.4 Å². The monoisotopic (exact) mass is 283 g/mol. The standard InChI is InChI=1S/C16H33N3O/c1-8-17-10-12-14(20)13(11-18-9-2)16(5,6)19(7)15(12,3)4/h12-13,17-18H,8-11H2,1-7H3/t12-,13+. The second-order valence-corrected chi connectivity index (χ2v) is 6.99. The minimum absolute atomic E-state index is 0.0455. The molecule has 0 aromatic carbocycles. The van der Waals surface area contributed by atoms with E-state index in [1.54, 1.807) is 0 Å². The summed E-state index contributed by atoms with van der Waals surface area (Å²) in [5.74, 6) is 0.494. The Balaban J connectivity index is 3.05. The fourth-order valence-electron chi connectivity index (χ4n) is 3.43. The summed E-state index contributed by atoms with van der Waals surface area (Å²) in [6.45, 7) is 16.3. The van der Waals surface area contributed by atoms with E-state index in [-0.39, 0.29) is 22.9 Å². The molecule has 0 saturated carbocycles. The van der Waals surface area contributed by atoms with Gasteiger partial charge in [-0.25, -0.2) is 0 Å². The Kier molecular flexibility index (Phi) is 5.76. The molecule has 0 unspecified atom stereocenters. The van der Waals surface area contributed by atoms with Crippen LogP contribution in [0.1, 0.15) is 41.5 Å². The highest BCUT2D eigenvalue weighted by Gasteiger charge is 2.54. The molecule has 1 saturated heterocycles. The summed E-state index contributed by atoms with van der Waals surface area (Å²) in [4.78, 5) is 15.4. The molecule has 2 atom stereocenters. The number of rotatable bonds is 6. The lowest BCUT2D eigenvalue weighted by atomic mass is 9.66. The Morgan fingerprint density at radius 2 is 1.30 bits per heavy atom. The van der Waals surface area contributed by atoms with Gasteiger partial charge < -0.3 is 10.6 Å². The van der Waals surface area contributed by atoms with Crippen molar-refractivity contribution in [1.82, 2.24) is 15.5 Å². The smallest absolute Gasteiger partial charge is 0.145 e. The van der Waals surface area contributed by atoms with Gasteiger partial charge in [-0.3, -0.25) is 9.69 Å². The van der Waals surface area contributed by atoms with Gasteiger partial charge in [0.15, 0.2) is 0 Å². The van der Waals surface area contributed by atoms with Crippen LogP contribution < -0.4 is 10.6 Å². The zero-order valence-corrected chi connectivity index (χ0v) is 14.3. The highest BCUT2D eigenvalue weighted by Crippen LogP contribution is 2.41. The lowest BCUT2D eigenvalue weighted by Gasteiger charge is -2.57. The van der Waals surface area contributed by atoms with Gasteiger partial charge in [0.1, 0.15) is 5.78 Å². The molecule has 1 rings (SSSR count). The molecule has 0 amide bonds. The molecular formula is C16H33N3O. The maximum absolute atomic E-state index is 13.0. The van der Waals surface area contributed by atoms with Gasteiger partial charge in [0.05, 0.1) is 0 Å². The SMILES string of the molecule is CCNC[C@@H]1C(=O)[C@H](CNCC)C(C)(C)N(C)C1(C)C. The van der Waals surface area contributed by atoms with Gasteiger partial charge in [0.2, 0.25) is 0 Å². The van der Waals surface area contributed by atoms with Crippen molar-refractivity contribution >= 4 is 5.78 Å². The number of piperidine rings is 1. The minimum atomic E-state index is -0.120. The molecule has 4 nitrogen and oxygen atoms in total. The van der Waals surface area contributed by atoms with Gasteiger partial charge in [-0.1, -0.05) is 13.8 Å². The largest absolute Gasteiger partial charge is 0.316 e. The van der Waals surface area contributed by atoms with Crippen molar-refractivity contribution < 1.29 is 4.79 Å². The second-order valence-electron chi connectivity index (χ2n) is 6.99. The summed E-state index contributed by atoms with van der Waals surface area (Å²) in [6, 6.07) is 0. The summed E-state index contributed by atoms with van der Waals surface area (Å²) in [5.41, 5.74) is -0.239. The zero-order chi connectivity index (χ0) is 15.6. The normalized spacial score (nSPS) is 29.6. The van der Waals surface area contributed by atoms with Crippen LogP contribution in [0.3, 0.4) is 0 Å². The molecule has 1 aliphatic heterocycles. The fourth-order valence-corrected chi connectivity index (χ4v) is 3.43. The van der Waals surface area contributed by atoms with Crippen molar-refractivity contribution in [2.45, 2.75) is 52.6 Å². The molecule has 1 heterocycles.